The van der Waals surface area contributed by atoms with Crippen LogP contribution >= 0.6 is 0 Å². The van der Waals surface area contributed by atoms with Gasteiger partial charge in [0, 0.05) is 25.6 Å². The van der Waals surface area contributed by atoms with Crippen molar-refractivity contribution in [1.29, 1.82) is 0 Å². The van der Waals surface area contributed by atoms with Crippen LogP contribution in [-0.2, 0) is 30.7 Å². The van der Waals surface area contributed by atoms with E-state index in [-0.39, 0.29) is 23.8 Å². The van der Waals surface area contributed by atoms with Crippen molar-refractivity contribution in [2.24, 2.45) is 0 Å². The van der Waals surface area contributed by atoms with Gasteiger partial charge in [-0.2, -0.15) is 0 Å². The number of aromatic nitrogens is 3. The Hall–Kier alpha value is -4.07. The molecule has 1 unspecified atom stereocenters. The summed E-state index contributed by atoms with van der Waals surface area (Å²) in [6.45, 7) is 1.62. The molecule has 5 aliphatic rings. The highest BCUT2D eigenvalue weighted by Crippen LogP contribution is 2.33. The lowest BCUT2D eigenvalue weighted by Gasteiger charge is -2.30. The molecule has 1 aromatic heterocycles. The van der Waals surface area contributed by atoms with E-state index in [1.165, 1.54) is 6.07 Å². The minimum atomic E-state index is -0.890. The number of carboxylic acids is 1. The second-order valence-electron chi connectivity index (χ2n) is 10.7. The van der Waals surface area contributed by atoms with Gasteiger partial charge >= 0.3 is 5.97 Å². The second kappa shape index (κ2) is 10.6. The molecule has 200 valence electrons. The van der Waals surface area contributed by atoms with Gasteiger partial charge in [0.1, 0.15) is 11.3 Å². The van der Waals surface area contributed by atoms with Gasteiger partial charge in [-0.05, 0) is 77.8 Å². The zero-order chi connectivity index (χ0) is 26.9. The molecule has 1 atom stereocenters. The first kappa shape index (κ1) is 25.2. The largest absolute Gasteiger partial charge is 0.481 e. The summed E-state index contributed by atoms with van der Waals surface area (Å²) < 4.78 is 16.9. The molecule has 0 fully saturated rings. The number of rotatable bonds is 2. The zero-order valence-corrected chi connectivity index (χ0v) is 21.8. The number of carbonyl (C=O) groups is 2. The first-order valence-corrected chi connectivity index (χ1v) is 13.7. The van der Waals surface area contributed by atoms with Crippen LogP contribution in [-0.4, -0.2) is 43.4 Å². The average Bonchev–Trinajstić information content (AvgIpc) is 3.34. The highest BCUT2D eigenvalue weighted by Gasteiger charge is 2.26. The van der Waals surface area contributed by atoms with Gasteiger partial charge in [0.2, 0.25) is 0 Å². The summed E-state index contributed by atoms with van der Waals surface area (Å²) in [6, 6.07) is 16.9. The molecule has 6 heterocycles. The van der Waals surface area contributed by atoms with Crippen LogP contribution in [0.25, 0.3) is 11.0 Å². The Kier molecular flexibility index (Phi) is 6.85. The monoisotopic (exact) mass is 526 g/mol. The van der Waals surface area contributed by atoms with Crippen molar-refractivity contribution in [1.82, 2.24) is 19.9 Å². The van der Waals surface area contributed by atoms with Crippen LogP contribution < -0.4 is 0 Å². The number of aliphatic carboxylic acids is 1. The van der Waals surface area contributed by atoms with Crippen molar-refractivity contribution >= 4 is 22.9 Å². The molecule has 0 spiro atoms. The molecule has 0 radical (unpaired) electrons. The van der Waals surface area contributed by atoms with E-state index < -0.39 is 11.8 Å². The van der Waals surface area contributed by atoms with E-state index in [0.29, 0.717) is 19.5 Å². The Labute approximate surface area is 226 Å². The van der Waals surface area contributed by atoms with E-state index in [4.69, 9.17) is 0 Å². The first-order valence-electron chi connectivity index (χ1n) is 13.7. The van der Waals surface area contributed by atoms with Crippen LogP contribution in [0.15, 0.2) is 54.6 Å². The number of aryl methyl sites for hydroxylation is 2. The van der Waals surface area contributed by atoms with Gasteiger partial charge in [-0.25, -0.2) is 9.07 Å². The lowest BCUT2D eigenvalue weighted by atomic mass is 9.85. The molecular weight excluding hydrogens is 495 g/mol. The van der Waals surface area contributed by atoms with Gasteiger partial charge in [0.25, 0.3) is 5.91 Å². The Morgan fingerprint density at radius 1 is 0.923 bits per heavy atom. The smallest absolute Gasteiger partial charge is 0.304 e. The van der Waals surface area contributed by atoms with Gasteiger partial charge < -0.3 is 10.0 Å². The SMILES string of the molecule is O=C(O)CC1c2ccc3c(c2)CN(CC3)C(=O)c2ccc(cc2F)CCCCCCn2nnc3cc1ccc32. The van der Waals surface area contributed by atoms with E-state index in [9.17, 15) is 14.7 Å². The normalized spacial score (nSPS) is 18.0. The van der Waals surface area contributed by atoms with Crippen LogP contribution in [0.4, 0.5) is 4.39 Å². The number of amides is 1. The lowest BCUT2D eigenvalue weighted by molar-refractivity contribution is -0.137. The molecule has 1 N–H and O–H groups in total. The molecule has 3 aromatic carbocycles. The molecular formula is C31H31FN4O3. The highest BCUT2D eigenvalue weighted by atomic mass is 19.1. The van der Waals surface area contributed by atoms with Crippen molar-refractivity contribution in [3.05, 3.63) is 93.8 Å². The van der Waals surface area contributed by atoms with Gasteiger partial charge in [-0.1, -0.05) is 48.4 Å². The molecule has 0 saturated carbocycles. The van der Waals surface area contributed by atoms with Crippen LogP contribution in [0, 0.1) is 5.82 Å². The van der Waals surface area contributed by atoms with Crippen LogP contribution in [0.5, 0.6) is 0 Å². The summed E-state index contributed by atoms with van der Waals surface area (Å²) in [4.78, 5) is 26.9. The molecule has 0 saturated heterocycles. The third-order valence-corrected chi connectivity index (χ3v) is 8.10. The topological polar surface area (TPSA) is 88.3 Å². The Morgan fingerprint density at radius 3 is 2.59 bits per heavy atom. The van der Waals surface area contributed by atoms with Gasteiger partial charge in [-0.15, -0.1) is 5.10 Å². The molecule has 0 aliphatic carbocycles. The van der Waals surface area contributed by atoms with Gasteiger partial charge in [0.05, 0.1) is 17.5 Å². The maximum atomic E-state index is 15.0. The Bertz CT molecular complexity index is 1560. The minimum Gasteiger partial charge on any atom is -0.481 e. The number of halogens is 1. The highest BCUT2D eigenvalue weighted by molar-refractivity contribution is 5.94. The predicted molar refractivity (Wildman–Crippen MR) is 145 cm³/mol. The number of hydrogen-bond acceptors (Lipinski definition) is 4. The van der Waals surface area contributed by atoms with E-state index in [0.717, 1.165) is 77.5 Å². The maximum absolute atomic E-state index is 15.0. The molecule has 8 heteroatoms. The Morgan fingerprint density at radius 2 is 1.74 bits per heavy atom. The summed E-state index contributed by atoms with van der Waals surface area (Å²) in [5.41, 5.74) is 6.52. The number of carboxylic acid groups (broad SMARTS) is 1. The van der Waals surface area contributed by atoms with Crippen molar-refractivity contribution in [3.8, 4) is 0 Å². The number of carbonyl (C=O) groups excluding carboxylic acids is 1. The van der Waals surface area contributed by atoms with Crippen LogP contribution in [0.3, 0.4) is 0 Å². The summed E-state index contributed by atoms with van der Waals surface area (Å²) >= 11 is 0. The van der Waals surface area contributed by atoms with Crippen molar-refractivity contribution in [2.45, 2.75) is 64.0 Å². The van der Waals surface area contributed by atoms with Gasteiger partial charge in [0.15, 0.2) is 0 Å². The first-order chi connectivity index (χ1) is 19.0. The third kappa shape index (κ3) is 5.15. The summed E-state index contributed by atoms with van der Waals surface area (Å²) in [7, 11) is 0. The van der Waals surface area contributed by atoms with E-state index in [1.54, 1.807) is 11.0 Å². The predicted octanol–water partition coefficient (Wildman–Crippen LogP) is 5.49. The Balaban J connectivity index is 1.40. The van der Waals surface area contributed by atoms with E-state index >= 15 is 4.39 Å². The number of nitrogens with zero attached hydrogens (tertiary/aromatic N) is 4. The molecule has 4 aromatic rings. The molecule has 5 aliphatic heterocycles. The third-order valence-electron chi connectivity index (χ3n) is 8.10. The summed E-state index contributed by atoms with van der Waals surface area (Å²) in [5.74, 6) is -2.05. The fourth-order valence-corrected chi connectivity index (χ4v) is 5.94. The standard InChI is InChI=1S/C31H31FN4O3/c32-27-15-20-5-3-1-2-4-13-36-29-11-9-23(17-28(29)33-34-36)26(18-30(37)38)22-8-7-21-12-14-35(19-24(21)16-22)31(39)25(27)10-6-20/h6-11,15-17,26H,1-5,12-14,18-19H2,(H,37,38). The quantitative estimate of drug-likeness (QED) is 0.373. The molecule has 1 amide bonds. The van der Waals surface area contributed by atoms with Crippen LogP contribution in [0.2, 0.25) is 0 Å². The maximum Gasteiger partial charge on any atom is 0.304 e. The fourth-order valence-electron chi connectivity index (χ4n) is 5.94. The van der Waals surface area contributed by atoms with E-state index in [2.05, 4.69) is 10.3 Å². The van der Waals surface area contributed by atoms with Gasteiger partial charge in [-0.3, -0.25) is 9.59 Å². The molecule has 9 rings (SSSR count). The molecule has 9 bridgehead atoms. The molecule has 39 heavy (non-hydrogen) atoms. The van der Waals surface area contributed by atoms with Crippen LogP contribution in [0.1, 0.15) is 76.2 Å². The summed E-state index contributed by atoms with van der Waals surface area (Å²) in [6.07, 6.45) is 5.31. The summed E-state index contributed by atoms with van der Waals surface area (Å²) in [5, 5.41) is 18.5. The van der Waals surface area contributed by atoms with Crippen molar-refractivity contribution < 1.29 is 19.1 Å². The zero-order valence-electron chi connectivity index (χ0n) is 21.8. The number of hydrogen-bond donors (Lipinski definition) is 1. The number of benzene rings is 3. The minimum absolute atomic E-state index is 0.0708. The fraction of sp³-hybridized carbons (Fsp3) is 0.355. The second-order valence-corrected chi connectivity index (χ2v) is 10.7. The van der Waals surface area contributed by atoms with Crippen molar-refractivity contribution in [3.63, 3.8) is 0 Å². The van der Waals surface area contributed by atoms with E-state index in [1.807, 2.05) is 47.1 Å². The lowest BCUT2D eigenvalue weighted by Crippen LogP contribution is -2.36. The molecule has 7 nitrogen and oxygen atoms in total. The van der Waals surface area contributed by atoms with Crippen molar-refractivity contribution in [2.75, 3.05) is 6.54 Å². The average molecular weight is 527 g/mol.